The SMILES string of the molecule is CS(=O)(=O)CCSc1nc2cc(Cl)ccc2c(=O)n1-c1ccc(Cl)cc1. The first kappa shape index (κ1) is 19.2. The average molecular weight is 429 g/mol. The van der Waals surface area contributed by atoms with Gasteiger partial charge in [0.05, 0.1) is 22.3 Å². The van der Waals surface area contributed by atoms with Gasteiger partial charge >= 0.3 is 0 Å². The maximum Gasteiger partial charge on any atom is 0.266 e. The molecular formula is C17H14Cl2N2O3S2. The Bertz CT molecular complexity index is 1130. The van der Waals surface area contributed by atoms with E-state index in [1.165, 1.54) is 22.6 Å². The highest BCUT2D eigenvalue weighted by atomic mass is 35.5. The van der Waals surface area contributed by atoms with Gasteiger partial charge in [0.2, 0.25) is 0 Å². The fourth-order valence-electron chi connectivity index (χ4n) is 2.34. The maximum absolute atomic E-state index is 13.0. The lowest BCUT2D eigenvalue weighted by molar-refractivity contribution is 0.603. The minimum atomic E-state index is -3.11. The maximum atomic E-state index is 13.0. The van der Waals surface area contributed by atoms with Crippen molar-refractivity contribution in [3.63, 3.8) is 0 Å². The average Bonchev–Trinajstić information content (AvgIpc) is 2.55. The van der Waals surface area contributed by atoms with Crippen molar-refractivity contribution in [2.24, 2.45) is 0 Å². The summed E-state index contributed by atoms with van der Waals surface area (Å²) < 4.78 is 24.3. The molecule has 9 heteroatoms. The Labute approximate surface area is 164 Å². The van der Waals surface area contributed by atoms with E-state index in [0.717, 1.165) is 0 Å². The number of rotatable bonds is 5. The van der Waals surface area contributed by atoms with Crippen molar-refractivity contribution in [1.82, 2.24) is 9.55 Å². The molecule has 0 spiro atoms. The molecular weight excluding hydrogens is 415 g/mol. The second kappa shape index (κ2) is 7.60. The lowest BCUT2D eigenvalue weighted by atomic mass is 10.2. The number of halogens is 2. The van der Waals surface area contributed by atoms with E-state index >= 15 is 0 Å². The number of nitrogens with zero attached hydrogens (tertiary/aromatic N) is 2. The monoisotopic (exact) mass is 428 g/mol. The number of hydrogen-bond donors (Lipinski definition) is 0. The first-order chi connectivity index (χ1) is 12.2. The van der Waals surface area contributed by atoms with Crippen LogP contribution in [0.25, 0.3) is 16.6 Å². The van der Waals surface area contributed by atoms with Crippen LogP contribution in [0.1, 0.15) is 0 Å². The zero-order valence-electron chi connectivity index (χ0n) is 13.6. The highest BCUT2D eigenvalue weighted by Gasteiger charge is 2.14. The van der Waals surface area contributed by atoms with Crippen molar-refractivity contribution in [3.8, 4) is 5.69 Å². The fourth-order valence-corrected chi connectivity index (χ4v) is 4.84. The zero-order chi connectivity index (χ0) is 18.9. The van der Waals surface area contributed by atoms with Gasteiger partial charge in [0.25, 0.3) is 5.56 Å². The van der Waals surface area contributed by atoms with Gasteiger partial charge in [-0.1, -0.05) is 35.0 Å². The topological polar surface area (TPSA) is 69.0 Å². The smallest absolute Gasteiger partial charge is 0.266 e. The molecule has 0 aliphatic rings. The van der Waals surface area contributed by atoms with Crippen LogP contribution in [0, 0.1) is 0 Å². The lowest BCUT2D eigenvalue weighted by Gasteiger charge is -2.13. The Hall–Kier alpha value is -1.54. The summed E-state index contributed by atoms with van der Waals surface area (Å²) in [6.07, 6.45) is 1.17. The van der Waals surface area contributed by atoms with Gasteiger partial charge in [-0.2, -0.15) is 0 Å². The highest BCUT2D eigenvalue weighted by Crippen LogP contribution is 2.24. The van der Waals surface area contributed by atoms with Gasteiger partial charge < -0.3 is 0 Å². The number of hydrogen-bond acceptors (Lipinski definition) is 5. The molecule has 0 bridgehead atoms. The van der Waals surface area contributed by atoms with Crippen LogP contribution in [-0.2, 0) is 9.84 Å². The van der Waals surface area contributed by atoms with Crippen molar-refractivity contribution in [3.05, 3.63) is 62.9 Å². The normalized spacial score (nSPS) is 11.8. The third-order valence-electron chi connectivity index (χ3n) is 3.57. The van der Waals surface area contributed by atoms with Crippen LogP contribution >= 0.6 is 35.0 Å². The quantitative estimate of drug-likeness (QED) is 0.456. The summed E-state index contributed by atoms with van der Waals surface area (Å²) in [6.45, 7) is 0. The van der Waals surface area contributed by atoms with Crippen molar-refractivity contribution in [2.75, 3.05) is 17.8 Å². The number of benzene rings is 2. The summed E-state index contributed by atoms with van der Waals surface area (Å²) in [5.74, 6) is 0.271. The Morgan fingerprint density at radius 1 is 1.08 bits per heavy atom. The molecule has 3 aromatic rings. The van der Waals surface area contributed by atoms with Crippen LogP contribution in [-0.4, -0.2) is 35.7 Å². The third-order valence-corrected chi connectivity index (χ3v) is 6.20. The minimum absolute atomic E-state index is 0.0122. The standard InChI is InChI=1S/C17H14Cl2N2O3S2/c1-26(23,24)9-8-25-17-20-15-10-12(19)4-7-14(15)16(22)21(17)13-5-2-11(18)3-6-13/h2-7,10H,8-9H2,1H3. The van der Waals surface area contributed by atoms with Crippen LogP contribution in [0.2, 0.25) is 10.0 Å². The van der Waals surface area contributed by atoms with E-state index in [-0.39, 0.29) is 17.1 Å². The first-order valence-electron chi connectivity index (χ1n) is 7.53. The van der Waals surface area contributed by atoms with Crippen molar-refractivity contribution < 1.29 is 8.42 Å². The van der Waals surface area contributed by atoms with E-state index in [2.05, 4.69) is 4.98 Å². The van der Waals surface area contributed by atoms with E-state index in [0.29, 0.717) is 31.8 Å². The van der Waals surface area contributed by atoms with Gasteiger partial charge in [-0.25, -0.2) is 13.4 Å². The molecule has 0 aliphatic heterocycles. The van der Waals surface area contributed by atoms with Gasteiger partial charge in [0, 0.05) is 22.1 Å². The Kier molecular flexibility index (Phi) is 5.62. The van der Waals surface area contributed by atoms with E-state index in [4.69, 9.17) is 23.2 Å². The van der Waals surface area contributed by atoms with Crippen LogP contribution in [0.4, 0.5) is 0 Å². The van der Waals surface area contributed by atoms with Gasteiger partial charge in [0.15, 0.2) is 5.16 Å². The third kappa shape index (κ3) is 4.40. The van der Waals surface area contributed by atoms with Crippen LogP contribution in [0.15, 0.2) is 52.4 Å². The van der Waals surface area contributed by atoms with Gasteiger partial charge in [-0.05, 0) is 42.5 Å². The summed E-state index contributed by atoms with van der Waals surface area (Å²) in [4.78, 5) is 17.6. The van der Waals surface area contributed by atoms with Gasteiger partial charge in [-0.3, -0.25) is 9.36 Å². The molecule has 0 aliphatic carbocycles. The summed E-state index contributed by atoms with van der Waals surface area (Å²) in [7, 11) is -3.11. The van der Waals surface area contributed by atoms with Crippen LogP contribution in [0.3, 0.4) is 0 Å². The van der Waals surface area contributed by atoms with E-state index in [9.17, 15) is 13.2 Å². The molecule has 0 fully saturated rings. The second-order valence-electron chi connectivity index (χ2n) is 5.65. The highest BCUT2D eigenvalue weighted by molar-refractivity contribution is 8.00. The molecule has 0 atom stereocenters. The molecule has 0 amide bonds. The molecule has 2 aromatic carbocycles. The molecule has 3 rings (SSSR count). The Morgan fingerprint density at radius 2 is 1.73 bits per heavy atom. The number of thioether (sulfide) groups is 1. The minimum Gasteiger partial charge on any atom is -0.268 e. The molecule has 0 saturated heterocycles. The summed E-state index contributed by atoms with van der Waals surface area (Å²) in [5, 5.41) is 1.85. The predicted molar refractivity (Wildman–Crippen MR) is 108 cm³/mol. The largest absolute Gasteiger partial charge is 0.268 e. The lowest BCUT2D eigenvalue weighted by Crippen LogP contribution is -2.22. The second-order valence-corrected chi connectivity index (χ2v) is 9.85. The first-order valence-corrected chi connectivity index (χ1v) is 11.3. The summed E-state index contributed by atoms with van der Waals surface area (Å²) in [5.41, 5.74) is 0.816. The molecule has 136 valence electrons. The van der Waals surface area contributed by atoms with Gasteiger partial charge in [0.1, 0.15) is 9.84 Å². The molecule has 0 N–H and O–H groups in total. The zero-order valence-corrected chi connectivity index (χ0v) is 16.8. The van der Waals surface area contributed by atoms with E-state index < -0.39 is 9.84 Å². The number of sulfone groups is 1. The Morgan fingerprint density at radius 3 is 2.38 bits per heavy atom. The molecule has 0 radical (unpaired) electrons. The van der Waals surface area contributed by atoms with Crippen LogP contribution in [0.5, 0.6) is 0 Å². The van der Waals surface area contributed by atoms with Crippen molar-refractivity contribution >= 4 is 55.7 Å². The molecule has 26 heavy (non-hydrogen) atoms. The molecule has 0 saturated carbocycles. The van der Waals surface area contributed by atoms with Crippen molar-refractivity contribution in [1.29, 1.82) is 0 Å². The van der Waals surface area contributed by atoms with E-state index in [1.807, 2.05) is 0 Å². The Balaban J connectivity index is 2.16. The molecule has 0 unspecified atom stereocenters. The summed E-state index contributed by atoms with van der Waals surface area (Å²) in [6, 6.07) is 11.7. The molecule has 1 heterocycles. The van der Waals surface area contributed by atoms with E-state index in [1.54, 1.807) is 42.5 Å². The van der Waals surface area contributed by atoms with Gasteiger partial charge in [-0.15, -0.1) is 0 Å². The molecule has 5 nitrogen and oxygen atoms in total. The van der Waals surface area contributed by atoms with Crippen molar-refractivity contribution in [2.45, 2.75) is 5.16 Å². The summed E-state index contributed by atoms with van der Waals surface area (Å²) >= 11 is 13.2. The number of aromatic nitrogens is 2. The predicted octanol–water partition coefficient (Wildman–Crippen LogP) is 3.83. The fraction of sp³-hybridized carbons (Fsp3) is 0.176. The van der Waals surface area contributed by atoms with Crippen LogP contribution < -0.4 is 5.56 Å². The molecule has 1 aromatic heterocycles. The number of fused-ring (bicyclic) bond motifs is 1.